The molecular formula is C19H24N2O2. The summed E-state index contributed by atoms with van der Waals surface area (Å²) in [4.78, 5) is 16.8. The van der Waals surface area contributed by atoms with Gasteiger partial charge in [0.05, 0.1) is 11.8 Å². The van der Waals surface area contributed by atoms with Crippen molar-refractivity contribution in [3.05, 3.63) is 53.7 Å². The van der Waals surface area contributed by atoms with Gasteiger partial charge in [-0.05, 0) is 36.6 Å². The van der Waals surface area contributed by atoms with Crippen molar-refractivity contribution in [1.29, 1.82) is 0 Å². The largest absolute Gasteiger partial charge is 0.391 e. The molecule has 2 N–H and O–H groups in total. The Morgan fingerprint density at radius 2 is 2.04 bits per heavy atom. The molecule has 0 aliphatic rings. The average molecular weight is 312 g/mol. The van der Waals surface area contributed by atoms with Crippen LogP contribution >= 0.6 is 0 Å². The first-order valence-electron chi connectivity index (χ1n) is 8.01. The van der Waals surface area contributed by atoms with E-state index in [9.17, 15) is 9.90 Å². The Morgan fingerprint density at radius 3 is 2.70 bits per heavy atom. The highest BCUT2D eigenvalue weighted by molar-refractivity contribution is 5.97. The summed E-state index contributed by atoms with van der Waals surface area (Å²) in [5, 5.41) is 12.8. The van der Waals surface area contributed by atoms with Gasteiger partial charge in [0.2, 0.25) is 0 Å². The molecule has 2 rings (SSSR count). The molecule has 0 radical (unpaired) electrons. The molecule has 2 atom stereocenters. The number of amides is 1. The summed E-state index contributed by atoms with van der Waals surface area (Å²) in [6.45, 7) is 6.19. The predicted octanol–water partition coefficient (Wildman–Crippen LogP) is 3.19. The maximum atomic E-state index is 12.4. The van der Waals surface area contributed by atoms with Crippen molar-refractivity contribution in [3.63, 3.8) is 0 Å². The van der Waals surface area contributed by atoms with Gasteiger partial charge in [0.25, 0.3) is 5.91 Å². The number of benzene rings is 1. The number of hydrogen-bond acceptors (Lipinski definition) is 3. The van der Waals surface area contributed by atoms with Crippen LogP contribution in [-0.4, -0.2) is 28.6 Å². The Labute approximate surface area is 137 Å². The molecule has 0 aliphatic carbocycles. The first kappa shape index (κ1) is 17.2. The minimum absolute atomic E-state index is 0.163. The number of pyridine rings is 1. The fraction of sp³-hybridized carbons (Fsp3) is 0.368. The summed E-state index contributed by atoms with van der Waals surface area (Å²) in [5.41, 5.74) is 3.30. The fourth-order valence-electron chi connectivity index (χ4n) is 2.45. The van der Waals surface area contributed by atoms with Gasteiger partial charge in [0, 0.05) is 23.9 Å². The van der Waals surface area contributed by atoms with Gasteiger partial charge in [-0.3, -0.25) is 9.78 Å². The molecule has 4 heteroatoms. The van der Waals surface area contributed by atoms with Crippen LogP contribution in [0.25, 0.3) is 11.3 Å². The molecule has 2 unspecified atom stereocenters. The second-order valence-electron chi connectivity index (χ2n) is 5.86. The topological polar surface area (TPSA) is 62.2 Å². The summed E-state index contributed by atoms with van der Waals surface area (Å²) in [6, 6.07) is 11.3. The predicted molar refractivity (Wildman–Crippen MR) is 92.2 cm³/mol. The normalized spacial score (nSPS) is 13.4. The van der Waals surface area contributed by atoms with E-state index in [-0.39, 0.29) is 18.4 Å². The van der Waals surface area contributed by atoms with Crippen LogP contribution < -0.4 is 5.32 Å². The van der Waals surface area contributed by atoms with Gasteiger partial charge in [-0.15, -0.1) is 0 Å². The van der Waals surface area contributed by atoms with Gasteiger partial charge in [-0.2, -0.15) is 0 Å². The second kappa shape index (κ2) is 7.88. The third-order valence-electron chi connectivity index (χ3n) is 4.29. The van der Waals surface area contributed by atoms with Crippen molar-refractivity contribution in [2.45, 2.75) is 33.3 Å². The third kappa shape index (κ3) is 4.17. The van der Waals surface area contributed by atoms with Gasteiger partial charge >= 0.3 is 0 Å². The van der Waals surface area contributed by atoms with Crippen LogP contribution in [0, 0.1) is 12.8 Å². The summed E-state index contributed by atoms with van der Waals surface area (Å²) >= 11 is 0. The number of carbonyl (C=O) groups excluding carboxylic acids is 1. The summed E-state index contributed by atoms with van der Waals surface area (Å²) in [6.07, 6.45) is 2.10. The van der Waals surface area contributed by atoms with Crippen molar-refractivity contribution in [2.75, 3.05) is 6.54 Å². The lowest BCUT2D eigenvalue weighted by Gasteiger charge is -2.18. The highest BCUT2D eigenvalue weighted by atomic mass is 16.3. The van der Waals surface area contributed by atoms with Crippen LogP contribution in [-0.2, 0) is 0 Å². The van der Waals surface area contributed by atoms with Gasteiger partial charge in [-0.1, -0.05) is 38.5 Å². The van der Waals surface area contributed by atoms with Gasteiger partial charge in [-0.25, -0.2) is 0 Å². The molecule has 0 spiro atoms. The molecule has 0 aliphatic heterocycles. The van der Waals surface area contributed by atoms with Crippen LogP contribution in [0.1, 0.15) is 36.2 Å². The molecule has 1 aromatic carbocycles. The molecule has 0 saturated heterocycles. The van der Waals surface area contributed by atoms with E-state index in [1.165, 1.54) is 0 Å². The lowest BCUT2D eigenvalue weighted by Crippen LogP contribution is -2.35. The SMILES string of the molecule is CCC(C)C(O)CNC(=O)c1cccc(-c2ccccn2)c1C. The lowest BCUT2D eigenvalue weighted by atomic mass is 9.98. The van der Waals surface area contributed by atoms with Crippen LogP contribution in [0.2, 0.25) is 0 Å². The standard InChI is InChI=1S/C19H24N2O2/c1-4-13(2)18(22)12-21-19(23)16-9-7-8-15(14(16)3)17-10-5-6-11-20-17/h5-11,13,18,22H,4,12H2,1-3H3,(H,21,23). The van der Waals surface area contributed by atoms with E-state index in [4.69, 9.17) is 0 Å². The van der Waals surface area contributed by atoms with E-state index in [1.807, 2.05) is 51.1 Å². The van der Waals surface area contributed by atoms with E-state index < -0.39 is 6.10 Å². The van der Waals surface area contributed by atoms with Gasteiger partial charge in [0.1, 0.15) is 0 Å². The maximum absolute atomic E-state index is 12.4. The molecule has 1 heterocycles. The Hall–Kier alpha value is -2.20. The number of nitrogens with one attached hydrogen (secondary N) is 1. The highest BCUT2D eigenvalue weighted by Gasteiger charge is 2.16. The summed E-state index contributed by atoms with van der Waals surface area (Å²) < 4.78 is 0. The van der Waals surface area contributed by atoms with Gasteiger partial charge < -0.3 is 10.4 Å². The molecule has 1 amide bonds. The van der Waals surface area contributed by atoms with Crippen LogP contribution in [0.4, 0.5) is 0 Å². The molecule has 122 valence electrons. The number of aliphatic hydroxyl groups excluding tert-OH is 1. The van der Waals surface area contributed by atoms with Crippen molar-refractivity contribution in [3.8, 4) is 11.3 Å². The third-order valence-corrected chi connectivity index (χ3v) is 4.29. The Morgan fingerprint density at radius 1 is 1.26 bits per heavy atom. The number of nitrogens with zero attached hydrogens (tertiary/aromatic N) is 1. The van der Waals surface area contributed by atoms with Crippen LogP contribution in [0.15, 0.2) is 42.6 Å². The Bertz CT molecular complexity index is 656. The molecule has 0 saturated carbocycles. The molecule has 23 heavy (non-hydrogen) atoms. The Kier molecular flexibility index (Phi) is 5.88. The average Bonchev–Trinajstić information content (AvgIpc) is 2.59. The minimum Gasteiger partial charge on any atom is -0.391 e. The molecule has 0 bridgehead atoms. The summed E-state index contributed by atoms with van der Waals surface area (Å²) in [7, 11) is 0. The van der Waals surface area contributed by atoms with E-state index in [2.05, 4.69) is 10.3 Å². The number of aliphatic hydroxyl groups is 1. The molecular weight excluding hydrogens is 288 g/mol. The number of carbonyl (C=O) groups is 1. The van der Waals surface area contributed by atoms with E-state index in [0.717, 1.165) is 23.2 Å². The van der Waals surface area contributed by atoms with Crippen molar-refractivity contribution >= 4 is 5.91 Å². The molecule has 0 fully saturated rings. The quantitative estimate of drug-likeness (QED) is 0.861. The maximum Gasteiger partial charge on any atom is 0.251 e. The fourth-order valence-corrected chi connectivity index (χ4v) is 2.45. The zero-order valence-corrected chi connectivity index (χ0v) is 13.9. The smallest absolute Gasteiger partial charge is 0.251 e. The van der Waals surface area contributed by atoms with Crippen LogP contribution in [0.3, 0.4) is 0 Å². The zero-order valence-electron chi connectivity index (χ0n) is 13.9. The minimum atomic E-state index is -0.525. The van der Waals surface area contributed by atoms with Crippen LogP contribution in [0.5, 0.6) is 0 Å². The van der Waals surface area contributed by atoms with E-state index in [1.54, 1.807) is 12.3 Å². The number of hydrogen-bond donors (Lipinski definition) is 2. The molecule has 2 aromatic rings. The van der Waals surface area contributed by atoms with Gasteiger partial charge in [0.15, 0.2) is 0 Å². The lowest BCUT2D eigenvalue weighted by molar-refractivity contribution is 0.0849. The highest BCUT2D eigenvalue weighted by Crippen LogP contribution is 2.23. The number of aromatic nitrogens is 1. The molecule has 4 nitrogen and oxygen atoms in total. The zero-order chi connectivity index (χ0) is 16.8. The van der Waals surface area contributed by atoms with Crippen molar-refractivity contribution in [2.24, 2.45) is 5.92 Å². The number of rotatable bonds is 6. The van der Waals surface area contributed by atoms with E-state index >= 15 is 0 Å². The van der Waals surface area contributed by atoms with Crippen molar-refractivity contribution in [1.82, 2.24) is 10.3 Å². The first-order chi connectivity index (χ1) is 11.0. The monoisotopic (exact) mass is 312 g/mol. The van der Waals surface area contributed by atoms with E-state index in [0.29, 0.717) is 5.56 Å². The Balaban J connectivity index is 2.16. The first-order valence-corrected chi connectivity index (χ1v) is 8.01. The summed E-state index contributed by atoms with van der Waals surface area (Å²) in [5.74, 6) is -0.00103. The van der Waals surface area contributed by atoms with Crippen molar-refractivity contribution < 1.29 is 9.90 Å². The molecule has 1 aromatic heterocycles. The second-order valence-corrected chi connectivity index (χ2v) is 5.86.